The maximum atomic E-state index is 3.28. The second-order valence-corrected chi connectivity index (χ2v) is 3.96. The summed E-state index contributed by atoms with van der Waals surface area (Å²) in [7, 11) is 0. The van der Waals surface area contributed by atoms with Crippen molar-refractivity contribution in [3.05, 3.63) is 58.7 Å². The summed E-state index contributed by atoms with van der Waals surface area (Å²) in [5, 5.41) is 0. The number of aryl methyl sites for hydroxylation is 2. The number of halogens is 3. The Morgan fingerprint density at radius 2 is 1.78 bits per heavy atom. The van der Waals surface area contributed by atoms with Crippen molar-refractivity contribution in [1.29, 1.82) is 0 Å². The first-order valence-corrected chi connectivity index (χ1v) is 5.08. The van der Waals surface area contributed by atoms with E-state index in [1.54, 1.807) is 0 Å². The number of rotatable bonds is 2. The molecule has 0 unspecified atom stereocenters. The molecule has 1 aromatic rings. The third-order valence-corrected chi connectivity index (χ3v) is 2.67. The normalized spacial score (nSPS) is 11.3. The standard InChI is InChI=1S/C14H15.3ClH.Ti/c1-11-7-8-14(12(2)9-11)10-13-5-3-4-6-13;;;;/h3-4,7-9H,5,10H2,1-2H3;3*1H;/q-1;;;;+4/p-3. The van der Waals surface area contributed by atoms with Gasteiger partial charge in [0.15, 0.2) is 0 Å². The largest absolute Gasteiger partial charge is 4.00 e. The minimum atomic E-state index is 0. The molecule has 1 aromatic carbocycles. The summed E-state index contributed by atoms with van der Waals surface area (Å²) in [5.74, 6) is 0. The molecule has 0 atom stereocenters. The Labute approximate surface area is 143 Å². The van der Waals surface area contributed by atoms with Crippen LogP contribution < -0.4 is 37.2 Å². The Bertz CT molecular complexity index is 412. The van der Waals surface area contributed by atoms with E-state index in [4.69, 9.17) is 0 Å². The van der Waals surface area contributed by atoms with Crippen molar-refractivity contribution in [2.75, 3.05) is 0 Å². The van der Waals surface area contributed by atoms with Gasteiger partial charge in [-0.2, -0.15) is 5.57 Å². The van der Waals surface area contributed by atoms with Gasteiger partial charge in [-0.3, -0.25) is 6.08 Å². The van der Waals surface area contributed by atoms with E-state index < -0.39 is 0 Å². The average molecular weight is 338 g/mol. The molecule has 4 heteroatoms. The van der Waals surface area contributed by atoms with E-state index in [1.807, 2.05) is 6.08 Å². The first kappa shape index (κ1) is 23.4. The molecule has 0 saturated carbocycles. The Morgan fingerprint density at radius 3 is 2.28 bits per heavy atom. The molecule has 0 saturated heterocycles. The van der Waals surface area contributed by atoms with Crippen molar-refractivity contribution >= 4 is 0 Å². The molecule has 0 aliphatic heterocycles. The van der Waals surface area contributed by atoms with Crippen molar-refractivity contribution in [1.82, 2.24) is 0 Å². The van der Waals surface area contributed by atoms with Gasteiger partial charge in [0.25, 0.3) is 0 Å². The Hall–Kier alpha value is 0.284. The summed E-state index contributed by atoms with van der Waals surface area (Å²) >= 11 is 0. The van der Waals surface area contributed by atoms with Crippen LogP contribution in [0.4, 0.5) is 0 Å². The monoisotopic (exact) mass is 336 g/mol. The van der Waals surface area contributed by atoms with E-state index in [0.717, 1.165) is 12.8 Å². The molecule has 0 bridgehead atoms. The maximum Gasteiger partial charge on any atom is 4.00 e. The zero-order valence-corrected chi connectivity index (χ0v) is 14.3. The first-order chi connectivity index (χ1) is 6.75. The SMILES string of the molecule is Cc1ccc(CC2=[C-]C=CC2)c(C)c1.[Cl-].[Cl-].[Cl-].[Ti+4]. The van der Waals surface area contributed by atoms with Gasteiger partial charge in [0, 0.05) is 0 Å². The van der Waals surface area contributed by atoms with Crippen molar-refractivity contribution in [2.45, 2.75) is 26.7 Å². The second kappa shape index (κ2) is 11.1. The summed E-state index contributed by atoms with van der Waals surface area (Å²) in [6.45, 7) is 4.32. The Kier molecular flexibility index (Phi) is 14.5. The minimum Gasteiger partial charge on any atom is -1.00 e. The number of hydrogen-bond donors (Lipinski definition) is 0. The summed E-state index contributed by atoms with van der Waals surface area (Å²) in [6.07, 6.45) is 9.61. The van der Waals surface area contributed by atoms with Crippen LogP contribution in [0.25, 0.3) is 0 Å². The van der Waals surface area contributed by atoms with Crippen molar-refractivity contribution in [3.63, 3.8) is 0 Å². The second-order valence-electron chi connectivity index (χ2n) is 3.96. The van der Waals surface area contributed by atoms with Crippen LogP contribution in [-0.2, 0) is 28.1 Å². The fraction of sp³-hybridized carbons (Fsp3) is 0.286. The van der Waals surface area contributed by atoms with Crippen LogP contribution in [0.15, 0.2) is 35.9 Å². The Morgan fingerprint density at radius 1 is 1.11 bits per heavy atom. The van der Waals surface area contributed by atoms with Crippen molar-refractivity contribution < 1.29 is 58.9 Å². The van der Waals surface area contributed by atoms with Gasteiger partial charge < -0.3 is 37.2 Å². The molecule has 0 spiro atoms. The van der Waals surface area contributed by atoms with Gasteiger partial charge in [0.2, 0.25) is 0 Å². The summed E-state index contributed by atoms with van der Waals surface area (Å²) in [6, 6.07) is 6.67. The van der Waals surface area contributed by atoms with Gasteiger partial charge in [-0.05, 0) is 31.4 Å². The molecule has 0 aromatic heterocycles. The van der Waals surface area contributed by atoms with Gasteiger partial charge >= 0.3 is 21.7 Å². The number of hydrogen-bond acceptors (Lipinski definition) is 0. The molecule has 0 fully saturated rings. The minimum absolute atomic E-state index is 0. The molecular weight excluding hydrogens is 322 g/mol. The topological polar surface area (TPSA) is 0 Å². The first-order valence-electron chi connectivity index (χ1n) is 5.08. The average Bonchev–Trinajstić information content (AvgIpc) is 2.62. The van der Waals surface area contributed by atoms with E-state index in [0.29, 0.717) is 0 Å². The fourth-order valence-electron chi connectivity index (χ4n) is 1.83. The smallest absolute Gasteiger partial charge is 1.00 e. The molecular formula is C14H15Cl3Ti. The maximum absolute atomic E-state index is 3.28. The zero-order chi connectivity index (χ0) is 9.97. The van der Waals surface area contributed by atoms with E-state index in [-0.39, 0.29) is 58.9 Å². The predicted octanol–water partition coefficient (Wildman–Crippen LogP) is -5.46. The molecule has 1 aliphatic carbocycles. The molecule has 0 heterocycles. The third-order valence-electron chi connectivity index (χ3n) is 2.67. The van der Waals surface area contributed by atoms with Gasteiger partial charge in [-0.1, -0.05) is 30.2 Å². The summed E-state index contributed by atoms with van der Waals surface area (Å²) < 4.78 is 0. The molecule has 1 aliphatic rings. The molecule has 96 valence electrons. The van der Waals surface area contributed by atoms with Gasteiger partial charge in [0.05, 0.1) is 0 Å². The van der Waals surface area contributed by atoms with Crippen LogP contribution in [0.3, 0.4) is 0 Å². The van der Waals surface area contributed by atoms with Crippen LogP contribution in [0.2, 0.25) is 0 Å². The molecule has 0 N–H and O–H groups in total. The van der Waals surface area contributed by atoms with E-state index in [1.165, 1.54) is 22.3 Å². The van der Waals surface area contributed by atoms with E-state index in [2.05, 4.69) is 44.2 Å². The van der Waals surface area contributed by atoms with Crippen LogP contribution in [0.1, 0.15) is 23.1 Å². The van der Waals surface area contributed by atoms with Gasteiger partial charge in [0.1, 0.15) is 0 Å². The molecule has 0 amide bonds. The summed E-state index contributed by atoms with van der Waals surface area (Å²) in [4.78, 5) is 0. The molecule has 2 rings (SSSR count). The zero-order valence-electron chi connectivity index (χ0n) is 10.4. The number of benzene rings is 1. The molecule has 18 heavy (non-hydrogen) atoms. The van der Waals surface area contributed by atoms with Gasteiger partial charge in [-0.25, -0.2) is 12.2 Å². The fourth-order valence-corrected chi connectivity index (χ4v) is 1.83. The van der Waals surface area contributed by atoms with Crippen molar-refractivity contribution in [2.24, 2.45) is 0 Å². The summed E-state index contributed by atoms with van der Waals surface area (Å²) in [5.41, 5.74) is 5.57. The van der Waals surface area contributed by atoms with Crippen molar-refractivity contribution in [3.8, 4) is 0 Å². The quantitative estimate of drug-likeness (QED) is 0.373. The van der Waals surface area contributed by atoms with Crippen LogP contribution in [0, 0.1) is 19.9 Å². The van der Waals surface area contributed by atoms with Crippen LogP contribution in [0.5, 0.6) is 0 Å². The van der Waals surface area contributed by atoms with E-state index in [9.17, 15) is 0 Å². The van der Waals surface area contributed by atoms with Crippen LogP contribution >= 0.6 is 0 Å². The van der Waals surface area contributed by atoms with Crippen LogP contribution in [-0.4, -0.2) is 0 Å². The van der Waals surface area contributed by atoms with E-state index >= 15 is 0 Å². The molecule has 0 nitrogen and oxygen atoms in total. The molecule has 0 radical (unpaired) electrons. The van der Waals surface area contributed by atoms with Gasteiger partial charge in [-0.15, -0.1) is 0 Å². The third kappa shape index (κ3) is 6.45. The number of allylic oxidation sites excluding steroid dienone is 4. The Balaban J connectivity index is -0.000000562. The predicted molar refractivity (Wildman–Crippen MR) is 60.1 cm³/mol.